The van der Waals surface area contributed by atoms with E-state index >= 15 is 0 Å². The molecule has 5 nitrogen and oxygen atoms in total. The van der Waals surface area contributed by atoms with Crippen molar-refractivity contribution in [2.24, 2.45) is 11.8 Å². The SMILES string of the molecule is CC1CCC(N(C)C(=O)[C@H]2CCCN(c3cnccn3)C2)CC1. The van der Waals surface area contributed by atoms with Crippen molar-refractivity contribution < 1.29 is 4.79 Å². The average molecular weight is 316 g/mol. The van der Waals surface area contributed by atoms with Crippen LogP contribution in [-0.4, -0.2) is 47.0 Å². The van der Waals surface area contributed by atoms with Crippen LogP contribution in [0.3, 0.4) is 0 Å². The van der Waals surface area contributed by atoms with Crippen molar-refractivity contribution in [2.45, 2.75) is 51.5 Å². The summed E-state index contributed by atoms with van der Waals surface area (Å²) in [6, 6.07) is 0.436. The van der Waals surface area contributed by atoms with E-state index in [0.717, 1.165) is 50.5 Å². The zero-order chi connectivity index (χ0) is 16.2. The number of piperidine rings is 1. The average Bonchev–Trinajstić information content (AvgIpc) is 2.62. The molecule has 0 bridgehead atoms. The first-order chi connectivity index (χ1) is 11.1. The monoisotopic (exact) mass is 316 g/mol. The molecule has 3 rings (SSSR count). The van der Waals surface area contributed by atoms with Gasteiger partial charge in [0.1, 0.15) is 5.82 Å². The molecule has 0 N–H and O–H groups in total. The molecule has 1 aromatic heterocycles. The number of carbonyl (C=O) groups excluding carboxylic acids is 1. The van der Waals surface area contributed by atoms with Crippen LogP contribution in [0.15, 0.2) is 18.6 Å². The van der Waals surface area contributed by atoms with Crippen LogP contribution in [0.4, 0.5) is 5.82 Å². The lowest BCUT2D eigenvalue weighted by Gasteiger charge is -2.38. The molecule has 2 heterocycles. The van der Waals surface area contributed by atoms with Crippen molar-refractivity contribution >= 4 is 11.7 Å². The second-order valence-electron chi connectivity index (χ2n) is 7.21. The van der Waals surface area contributed by atoms with E-state index in [1.54, 1.807) is 18.6 Å². The number of carbonyl (C=O) groups is 1. The summed E-state index contributed by atoms with van der Waals surface area (Å²) in [5, 5.41) is 0. The normalized spacial score (nSPS) is 28.4. The summed E-state index contributed by atoms with van der Waals surface area (Å²) in [5.41, 5.74) is 0. The molecule has 2 fully saturated rings. The molecular formula is C18H28N4O. The first-order valence-electron chi connectivity index (χ1n) is 8.92. The third-order valence-corrected chi connectivity index (χ3v) is 5.52. The van der Waals surface area contributed by atoms with Gasteiger partial charge < -0.3 is 9.80 Å². The van der Waals surface area contributed by atoms with Gasteiger partial charge in [-0.05, 0) is 44.4 Å². The Morgan fingerprint density at radius 1 is 1.22 bits per heavy atom. The molecule has 0 unspecified atom stereocenters. The Hall–Kier alpha value is -1.65. The maximum atomic E-state index is 12.9. The van der Waals surface area contributed by atoms with Gasteiger partial charge in [0.05, 0.1) is 12.1 Å². The highest BCUT2D eigenvalue weighted by atomic mass is 16.2. The maximum Gasteiger partial charge on any atom is 0.227 e. The van der Waals surface area contributed by atoms with Gasteiger partial charge >= 0.3 is 0 Å². The van der Waals surface area contributed by atoms with Gasteiger partial charge in [0.15, 0.2) is 0 Å². The van der Waals surface area contributed by atoms with Crippen molar-refractivity contribution in [1.29, 1.82) is 0 Å². The number of aromatic nitrogens is 2. The van der Waals surface area contributed by atoms with E-state index < -0.39 is 0 Å². The summed E-state index contributed by atoms with van der Waals surface area (Å²) in [4.78, 5) is 25.7. The van der Waals surface area contributed by atoms with Crippen molar-refractivity contribution in [3.05, 3.63) is 18.6 Å². The molecule has 1 atom stereocenters. The zero-order valence-electron chi connectivity index (χ0n) is 14.3. The summed E-state index contributed by atoms with van der Waals surface area (Å²) in [5.74, 6) is 2.11. The second kappa shape index (κ2) is 7.28. The molecule has 0 aromatic carbocycles. The molecule has 2 aliphatic rings. The van der Waals surface area contributed by atoms with Gasteiger partial charge in [-0.15, -0.1) is 0 Å². The molecule has 1 saturated heterocycles. The van der Waals surface area contributed by atoms with Crippen LogP contribution < -0.4 is 4.90 Å². The quantitative estimate of drug-likeness (QED) is 0.860. The molecule has 23 heavy (non-hydrogen) atoms. The summed E-state index contributed by atoms with van der Waals surface area (Å²) in [6.07, 6.45) is 12.0. The molecule has 1 amide bonds. The highest BCUT2D eigenvalue weighted by Crippen LogP contribution is 2.29. The molecule has 1 aromatic rings. The molecule has 0 spiro atoms. The van der Waals surface area contributed by atoms with Crippen molar-refractivity contribution in [1.82, 2.24) is 14.9 Å². The Morgan fingerprint density at radius 3 is 2.70 bits per heavy atom. The van der Waals surface area contributed by atoms with Crippen LogP contribution in [0.1, 0.15) is 45.4 Å². The van der Waals surface area contributed by atoms with Gasteiger partial charge in [-0.3, -0.25) is 9.78 Å². The molecule has 1 saturated carbocycles. The minimum Gasteiger partial charge on any atom is -0.355 e. The van der Waals surface area contributed by atoms with Crippen LogP contribution in [0.2, 0.25) is 0 Å². The van der Waals surface area contributed by atoms with Gasteiger partial charge in [0, 0.05) is 38.6 Å². The highest BCUT2D eigenvalue weighted by Gasteiger charge is 2.32. The lowest BCUT2D eigenvalue weighted by Crippen LogP contribution is -2.47. The first-order valence-corrected chi connectivity index (χ1v) is 8.92. The third kappa shape index (κ3) is 3.82. The van der Waals surface area contributed by atoms with E-state index in [-0.39, 0.29) is 5.92 Å². The summed E-state index contributed by atoms with van der Waals surface area (Å²) in [7, 11) is 2.00. The maximum absolute atomic E-state index is 12.9. The smallest absolute Gasteiger partial charge is 0.227 e. The lowest BCUT2D eigenvalue weighted by atomic mass is 9.86. The Kier molecular flexibility index (Phi) is 5.13. The van der Waals surface area contributed by atoms with Crippen LogP contribution in [0.5, 0.6) is 0 Å². The predicted octanol–water partition coefficient (Wildman–Crippen LogP) is 2.73. The fraction of sp³-hybridized carbons (Fsp3) is 0.722. The molecule has 0 radical (unpaired) electrons. The fourth-order valence-corrected chi connectivity index (χ4v) is 3.94. The van der Waals surface area contributed by atoms with Gasteiger partial charge in [-0.1, -0.05) is 6.92 Å². The summed E-state index contributed by atoms with van der Waals surface area (Å²) in [6.45, 7) is 4.05. The second-order valence-corrected chi connectivity index (χ2v) is 7.21. The van der Waals surface area contributed by atoms with E-state index in [9.17, 15) is 4.79 Å². The molecule has 1 aliphatic heterocycles. The Balaban J connectivity index is 1.60. The molecule has 5 heteroatoms. The summed E-state index contributed by atoms with van der Waals surface area (Å²) >= 11 is 0. The number of hydrogen-bond acceptors (Lipinski definition) is 4. The third-order valence-electron chi connectivity index (χ3n) is 5.52. The van der Waals surface area contributed by atoms with E-state index in [2.05, 4.69) is 21.8 Å². The minimum atomic E-state index is 0.0927. The van der Waals surface area contributed by atoms with E-state index in [1.165, 1.54) is 12.8 Å². The van der Waals surface area contributed by atoms with Crippen molar-refractivity contribution in [2.75, 3.05) is 25.0 Å². The first kappa shape index (κ1) is 16.2. The number of amides is 1. The largest absolute Gasteiger partial charge is 0.355 e. The minimum absolute atomic E-state index is 0.0927. The van der Waals surface area contributed by atoms with Gasteiger partial charge in [-0.2, -0.15) is 0 Å². The topological polar surface area (TPSA) is 49.3 Å². The summed E-state index contributed by atoms with van der Waals surface area (Å²) < 4.78 is 0. The predicted molar refractivity (Wildman–Crippen MR) is 91.2 cm³/mol. The zero-order valence-corrected chi connectivity index (χ0v) is 14.3. The Bertz CT molecular complexity index is 513. The number of hydrogen-bond donors (Lipinski definition) is 0. The Morgan fingerprint density at radius 2 is 2.00 bits per heavy atom. The highest BCUT2D eigenvalue weighted by molar-refractivity contribution is 5.79. The van der Waals surface area contributed by atoms with E-state index in [1.807, 2.05) is 11.9 Å². The molecule has 1 aliphatic carbocycles. The van der Waals surface area contributed by atoms with Crippen LogP contribution >= 0.6 is 0 Å². The van der Waals surface area contributed by atoms with Crippen LogP contribution in [0, 0.1) is 11.8 Å². The van der Waals surface area contributed by atoms with Gasteiger partial charge in [0.25, 0.3) is 0 Å². The Labute approximate surface area is 139 Å². The number of rotatable bonds is 3. The van der Waals surface area contributed by atoms with E-state index in [4.69, 9.17) is 0 Å². The van der Waals surface area contributed by atoms with E-state index in [0.29, 0.717) is 11.9 Å². The van der Waals surface area contributed by atoms with Gasteiger partial charge in [0.2, 0.25) is 5.91 Å². The fourth-order valence-electron chi connectivity index (χ4n) is 3.94. The van der Waals surface area contributed by atoms with Crippen LogP contribution in [0.25, 0.3) is 0 Å². The molecule has 126 valence electrons. The van der Waals surface area contributed by atoms with Crippen molar-refractivity contribution in [3.63, 3.8) is 0 Å². The lowest BCUT2D eigenvalue weighted by molar-refractivity contribution is -0.137. The van der Waals surface area contributed by atoms with Gasteiger partial charge in [-0.25, -0.2) is 4.98 Å². The number of nitrogens with zero attached hydrogens (tertiary/aromatic N) is 4. The van der Waals surface area contributed by atoms with Crippen LogP contribution in [-0.2, 0) is 4.79 Å². The number of anilines is 1. The standard InChI is InChI=1S/C18H28N4O/c1-14-5-7-16(8-6-14)21(2)18(23)15-4-3-11-22(13-15)17-12-19-9-10-20-17/h9-10,12,14-16H,3-8,11,13H2,1-2H3/t14?,15-,16?/m0/s1. The van der Waals surface area contributed by atoms with Crippen molar-refractivity contribution in [3.8, 4) is 0 Å². The molecular weight excluding hydrogens is 288 g/mol.